The molecule has 4 rings (SSSR count). The van der Waals surface area contributed by atoms with Crippen LogP contribution >= 0.6 is 0 Å². The molecular weight excluding hydrogens is 260 g/mol. The Kier molecular flexibility index (Phi) is 4.03. The maximum absolute atomic E-state index is 5.19. The van der Waals surface area contributed by atoms with Crippen molar-refractivity contribution in [2.45, 2.75) is 0 Å². The molecule has 0 aliphatic heterocycles. The fourth-order valence-corrected chi connectivity index (χ4v) is 1.86. The van der Waals surface area contributed by atoms with Crippen LogP contribution in [0.3, 0.4) is 0 Å². The summed E-state index contributed by atoms with van der Waals surface area (Å²) in [7, 11) is 0. The van der Waals surface area contributed by atoms with Crippen molar-refractivity contribution in [3.63, 3.8) is 0 Å². The molecule has 0 saturated heterocycles. The van der Waals surface area contributed by atoms with E-state index in [0.29, 0.717) is 0 Å². The predicted molar refractivity (Wildman–Crippen MR) is 84.6 cm³/mol. The summed E-state index contributed by atoms with van der Waals surface area (Å²) in [5, 5.41) is 1.07. The molecule has 3 aromatic rings. The molecule has 3 aromatic heterocycles. The smallest absolute Gasteiger partial charge is 0.155 e. The third kappa shape index (κ3) is 3.54. The molecule has 0 atom stereocenters. The van der Waals surface area contributed by atoms with Crippen molar-refractivity contribution in [3.05, 3.63) is 84.1 Å². The summed E-state index contributed by atoms with van der Waals surface area (Å²) < 4.78 is 5.19. The second kappa shape index (κ2) is 6.48. The molecule has 0 amide bonds. The van der Waals surface area contributed by atoms with Crippen molar-refractivity contribution in [2.75, 3.05) is 0 Å². The van der Waals surface area contributed by atoms with Crippen LogP contribution in [0.5, 0.6) is 0 Å². The van der Waals surface area contributed by atoms with E-state index in [1.165, 1.54) is 0 Å². The number of hydrogen-bond donors (Lipinski definition) is 0. The Bertz CT molecular complexity index is 848. The van der Waals surface area contributed by atoms with Crippen LogP contribution in [0.25, 0.3) is 23.3 Å². The normalized spacial score (nSPS) is 11.0. The molecule has 0 aromatic carbocycles. The Morgan fingerprint density at radius 2 is 1.57 bits per heavy atom. The molecule has 1 aliphatic rings. The van der Waals surface area contributed by atoms with Gasteiger partial charge in [0.15, 0.2) is 5.65 Å². The van der Waals surface area contributed by atoms with Gasteiger partial charge in [-0.2, -0.15) is 0 Å². The molecule has 2 bridgehead atoms. The van der Waals surface area contributed by atoms with E-state index in [1.807, 2.05) is 72.8 Å². The Morgan fingerprint density at radius 3 is 2.48 bits per heavy atom. The molecule has 3 heteroatoms. The third-order valence-corrected chi connectivity index (χ3v) is 2.88. The van der Waals surface area contributed by atoms with Crippen molar-refractivity contribution in [3.8, 4) is 0 Å². The van der Waals surface area contributed by atoms with E-state index < -0.39 is 0 Å². The Hall–Kier alpha value is -2.94. The van der Waals surface area contributed by atoms with Crippen LogP contribution in [0, 0.1) is 0 Å². The van der Waals surface area contributed by atoms with E-state index in [-0.39, 0.29) is 0 Å². The molecule has 0 saturated carbocycles. The minimum absolute atomic E-state index is 0.747. The van der Waals surface area contributed by atoms with E-state index in [1.54, 1.807) is 12.5 Å². The highest BCUT2D eigenvalue weighted by molar-refractivity contribution is 5.67. The monoisotopic (exact) mass is 274 g/mol. The van der Waals surface area contributed by atoms with E-state index >= 15 is 0 Å². The minimum atomic E-state index is 0.747. The van der Waals surface area contributed by atoms with Crippen molar-refractivity contribution >= 4 is 23.3 Å². The van der Waals surface area contributed by atoms with Gasteiger partial charge in [-0.15, -0.1) is 0 Å². The zero-order valence-electron chi connectivity index (χ0n) is 11.4. The van der Waals surface area contributed by atoms with Crippen LogP contribution in [-0.4, -0.2) is 9.97 Å². The number of fused-ring (bicyclic) bond motifs is 10. The van der Waals surface area contributed by atoms with Gasteiger partial charge >= 0.3 is 0 Å². The van der Waals surface area contributed by atoms with Crippen molar-refractivity contribution in [2.24, 2.45) is 0 Å². The number of nitrogens with zero attached hydrogens (tertiary/aromatic N) is 2. The van der Waals surface area contributed by atoms with Gasteiger partial charge in [0.25, 0.3) is 0 Å². The molecule has 21 heavy (non-hydrogen) atoms. The fourth-order valence-electron chi connectivity index (χ4n) is 1.86. The topological polar surface area (TPSA) is 38.9 Å². The second-order valence-corrected chi connectivity index (χ2v) is 4.41. The van der Waals surface area contributed by atoms with Gasteiger partial charge in [0.1, 0.15) is 0 Å². The van der Waals surface area contributed by atoms with Gasteiger partial charge in [-0.1, -0.05) is 42.5 Å². The minimum Gasteiger partial charge on any atom is -0.473 e. The summed E-state index contributed by atoms with van der Waals surface area (Å²) in [6.07, 6.45) is 9.23. The number of aromatic nitrogens is 2. The molecule has 3 nitrogen and oxygen atoms in total. The van der Waals surface area contributed by atoms with Gasteiger partial charge in [-0.3, -0.25) is 0 Å². The average molecular weight is 274 g/mol. The molecule has 0 radical (unpaired) electrons. The highest BCUT2D eigenvalue weighted by atomic mass is 16.3. The lowest BCUT2D eigenvalue weighted by molar-refractivity contribution is 0.554. The molecule has 1 aliphatic carbocycles. The lowest BCUT2D eigenvalue weighted by atomic mass is 10.3. The molecule has 0 spiro atoms. The zero-order valence-corrected chi connectivity index (χ0v) is 11.4. The van der Waals surface area contributed by atoms with Gasteiger partial charge in [0.05, 0.1) is 23.7 Å². The summed E-state index contributed by atoms with van der Waals surface area (Å²) in [5.74, 6) is 0. The highest BCUT2D eigenvalue weighted by Gasteiger charge is 1.97. The van der Waals surface area contributed by atoms with Gasteiger partial charge in [-0.25, -0.2) is 9.97 Å². The third-order valence-electron chi connectivity index (χ3n) is 2.88. The van der Waals surface area contributed by atoms with Crippen LogP contribution in [0.2, 0.25) is 0 Å². The van der Waals surface area contributed by atoms with E-state index in [2.05, 4.69) is 9.97 Å². The summed E-state index contributed by atoms with van der Waals surface area (Å²) >= 11 is 0. The lowest BCUT2D eigenvalue weighted by Gasteiger charge is -1.93. The van der Waals surface area contributed by atoms with Crippen molar-refractivity contribution < 1.29 is 4.42 Å². The van der Waals surface area contributed by atoms with Crippen LogP contribution in [0.1, 0.15) is 5.69 Å². The van der Waals surface area contributed by atoms with Gasteiger partial charge in [0.2, 0.25) is 0 Å². The van der Waals surface area contributed by atoms with Gasteiger partial charge in [0, 0.05) is 11.3 Å². The average Bonchev–Trinajstić information content (AvgIpc) is 2.88. The number of allylic oxidation sites excluding steroid dienone is 1. The first-order valence-electron chi connectivity index (χ1n) is 6.68. The maximum atomic E-state index is 5.19. The van der Waals surface area contributed by atoms with Crippen LogP contribution < -0.4 is 5.22 Å². The fraction of sp³-hybridized carbons (Fsp3) is 0. The molecule has 0 unspecified atom stereocenters. The van der Waals surface area contributed by atoms with Crippen molar-refractivity contribution in [1.82, 2.24) is 9.97 Å². The standard InChI is InChI=1S/C18H14N2O/c1-2-5-12-21-13-6-4-10-16-14-18(19-16)20-17-11-7-9-15(17)8-3-1/h1-14H. The van der Waals surface area contributed by atoms with Gasteiger partial charge < -0.3 is 4.42 Å². The first-order chi connectivity index (χ1) is 10.4. The molecule has 3 heterocycles. The predicted octanol–water partition coefficient (Wildman–Crippen LogP) is 3.56. The van der Waals surface area contributed by atoms with Crippen LogP contribution in [-0.2, 0) is 0 Å². The summed E-state index contributed by atoms with van der Waals surface area (Å²) in [4.78, 5) is 8.87. The van der Waals surface area contributed by atoms with E-state index in [4.69, 9.17) is 4.42 Å². The molecule has 0 fully saturated rings. The summed E-state index contributed by atoms with van der Waals surface area (Å²) in [6.45, 7) is 0. The first kappa shape index (κ1) is 13.1. The van der Waals surface area contributed by atoms with Crippen LogP contribution in [0.4, 0.5) is 0 Å². The molecular formula is C18H14N2O. The van der Waals surface area contributed by atoms with Crippen LogP contribution in [0.15, 0.2) is 77.6 Å². The van der Waals surface area contributed by atoms with Crippen molar-refractivity contribution in [1.29, 1.82) is 0 Å². The second-order valence-electron chi connectivity index (χ2n) is 4.41. The Labute approximate surface area is 122 Å². The summed E-state index contributed by atoms with van der Waals surface area (Å²) in [6, 6.07) is 17.2. The lowest BCUT2D eigenvalue weighted by Crippen LogP contribution is -2.01. The number of rotatable bonds is 0. The zero-order chi connectivity index (χ0) is 14.3. The summed E-state index contributed by atoms with van der Waals surface area (Å²) in [5.41, 5.74) is 2.58. The maximum Gasteiger partial charge on any atom is 0.155 e. The quantitative estimate of drug-likeness (QED) is 0.737. The largest absolute Gasteiger partial charge is 0.473 e. The van der Waals surface area contributed by atoms with E-state index in [9.17, 15) is 0 Å². The Morgan fingerprint density at radius 1 is 0.810 bits per heavy atom. The highest BCUT2D eigenvalue weighted by Crippen LogP contribution is 2.05. The number of hydrogen-bond acceptors (Lipinski definition) is 3. The van der Waals surface area contributed by atoms with Gasteiger partial charge in [-0.05, 0) is 24.3 Å². The molecule has 0 N–H and O–H groups in total. The SMILES string of the molecule is C1=Cc2nc3cc(ccccoccccccc2=C1)n3. The van der Waals surface area contributed by atoms with E-state index in [0.717, 1.165) is 22.1 Å². The first-order valence-corrected chi connectivity index (χ1v) is 6.68. The molecule has 102 valence electrons. The Balaban J connectivity index is 2.14.